The Labute approximate surface area is 99.3 Å². The molecule has 0 saturated heterocycles. The number of hydrogen-bond acceptors (Lipinski definition) is 1. The van der Waals surface area contributed by atoms with Gasteiger partial charge in [-0.15, -0.1) is 0 Å². The van der Waals surface area contributed by atoms with E-state index < -0.39 is 0 Å². The number of hydrogen-bond donors (Lipinski definition) is 1. The van der Waals surface area contributed by atoms with Gasteiger partial charge in [0.1, 0.15) is 0 Å². The summed E-state index contributed by atoms with van der Waals surface area (Å²) >= 11 is 0. The molecule has 0 heterocycles. The largest absolute Gasteiger partial charge is 0.379 e. The predicted octanol–water partition coefficient (Wildman–Crippen LogP) is 3.80. The third-order valence-electron chi connectivity index (χ3n) is 4.09. The van der Waals surface area contributed by atoms with E-state index in [9.17, 15) is 0 Å². The maximum atomic E-state index is 3.74. The van der Waals surface area contributed by atoms with Crippen LogP contribution in [-0.2, 0) is 0 Å². The first-order valence-electron chi connectivity index (χ1n) is 6.35. The van der Waals surface area contributed by atoms with Crippen molar-refractivity contribution < 1.29 is 0 Å². The molecule has 0 radical (unpaired) electrons. The van der Waals surface area contributed by atoms with Crippen LogP contribution < -0.4 is 5.32 Å². The van der Waals surface area contributed by atoms with Crippen molar-refractivity contribution in [1.82, 2.24) is 5.32 Å². The lowest BCUT2D eigenvalue weighted by atomic mass is 10.0. The van der Waals surface area contributed by atoms with Gasteiger partial charge in [-0.3, -0.25) is 0 Å². The van der Waals surface area contributed by atoms with Crippen LogP contribution in [0.1, 0.15) is 40.5 Å². The van der Waals surface area contributed by atoms with E-state index in [1.165, 1.54) is 24.1 Å². The van der Waals surface area contributed by atoms with Gasteiger partial charge in [-0.05, 0) is 38.5 Å². The molecule has 2 aliphatic rings. The van der Waals surface area contributed by atoms with Crippen LogP contribution in [0.2, 0.25) is 0 Å². The quantitative estimate of drug-likeness (QED) is 0.758. The maximum absolute atomic E-state index is 3.74. The Balaban J connectivity index is 2.09. The van der Waals surface area contributed by atoms with Gasteiger partial charge in [-0.25, -0.2) is 0 Å². The van der Waals surface area contributed by atoms with Crippen molar-refractivity contribution in [3.05, 3.63) is 35.6 Å². The van der Waals surface area contributed by atoms with Crippen molar-refractivity contribution in [3.63, 3.8) is 0 Å². The highest BCUT2D eigenvalue weighted by Gasteiger charge is 2.51. The standard InChI is InChI=1S/C15H23N/c1-11(2)12(3)13(4)16-15-9-7-5-6-8-14(15)10-15/h5-7,9,11,14,16H,8,10H2,1-4H3/b13-12+. The molecule has 16 heavy (non-hydrogen) atoms. The van der Waals surface area contributed by atoms with Crippen LogP contribution in [0.15, 0.2) is 35.6 Å². The van der Waals surface area contributed by atoms with Crippen LogP contribution in [0.25, 0.3) is 0 Å². The van der Waals surface area contributed by atoms with Gasteiger partial charge in [-0.1, -0.05) is 43.7 Å². The topological polar surface area (TPSA) is 12.0 Å². The number of allylic oxidation sites excluding steroid dienone is 5. The van der Waals surface area contributed by atoms with Gasteiger partial charge in [0, 0.05) is 5.70 Å². The van der Waals surface area contributed by atoms with E-state index in [0.717, 1.165) is 5.92 Å². The van der Waals surface area contributed by atoms with Gasteiger partial charge < -0.3 is 5.32 Å². The molecule has 1 heteroatoms. The van der Waals surface area contributed by atoms with Crippen molar-refractivity contribution in [2.75, 3.05) is 0 Å². The van der Waals surface area contributed by atoms with Crippen LogP contribution in [-0.4, -0.2) is 5.54 Å². The molecule has 1 fully saturated rings. The first-order valence-corrected chi connectivity index (χ1v) is 6.35. The van der Waals surface area contributed by atoms with Crippen molar-refractivity contribution in [1.29, 1.82) is 0 Å². The van der Waals surface area contributed by atoms with Crippen molar-refractivity contribution >= 4 is 0 Å². The zero-order valence-corrected chi connectivity index (χ0v) is 10.9. The van der Waals surface area contributed by atoms with Crippen LogP contribution in [0.4, 0.5) is 0 Å². The first kappa shape index (κ1) is 11.5. The van der Waals surface area contributed by atoms with Crippen LogP contribution in [0, 0.1) is 11.8 Å². The van der Waals surface area contributed by atoms with E-state index in [2.05, 4.69) is 57.3 Å². The molecule has 0 aliphatic heterocycles. The third-order valence-corrected chi connectivity index (χ3v) is 4.09. The van der Waals surface area contributed by atoms with E-state index in [4.69, 9.17) is 0 Å². The molecule has 2 atom stereocenters. The van der Waals surface area contributed by atoms with Gasteiger partial charge in [0.15, 0.2) is 0 Å². The normalized spacial score (nSPS) is 33.2. The van der Waals surface area contributed by atoms with Gasteiger partial charge in [-0.2, -0.15) is 0 Å². The smallest absolute Gasteiger partial charge is 0.0591 e. The molecule has 2 rings (SSSR count). The fourth-order valence-electron chi connectivity index (χ4n) is 2.47. The summed E-state index contributed by atoms with van der Waals surface area (Å²) in [7, 11) is 0. The molecule has 0 amide bonds. The number of nitrogens with one attached hydrogen (secondary N) is 1. The SMILES string of the molecule is C/C(NC12C=CC=CCC1C2)=C(/C)C(C)C. The molecule has 0 aromatic rings. The first-order chi connectivity index (χ1) is 7.55. The monoisotopic (exact) mass is 217 g/mol. The number of rotatable bonds is 3. The lowest BCUT2D eigenvalue weighted by Gasteiger charge is -2.20. The minimum Gasteiger partial charge on any atom is -0.379 e. The summed E-state index contributed by atoms with van der Waals surface area (Å²) in [6, 6.07) is 0. The van der Waals surface area contributed by atoms with Crippen LogP contribution in [0.3, 0.4) is 0 Å². The highest BCUT2D eigenvalue weighted by atomic mass is 15.0. The fraction of sp³-hybridized carbons (Fsp3) is 0.600. The predicted molar refractivity (Wildman–Crippen MR) is 70.1 cm³/mol. The average molecular weight is 217 g/mol. The molecule has 0 aromatic carbocycles. The van der Waals surface area contributed by atoms with Gasteiger partial charge in [0.2, 0.25) is 0 Å². The molecule has 1 nitrogen and oxygen atoms in total. The molecule has 1 N–H and O–H groups in total. The molecular weight excluding hydrogens is 194 g/mol. The van der Waals surface area contributed by atoms with E-state index in [1.807, 2.05) is 0 Å². The highest BCUT2D eigenvalue weighted by molar-refractivity contribution is 5.32. The molecule has 1 saturated carbocycles. The average Bonchev–Trinajstić information content (AvgIpc) is 2.90. The fourth-order valence-corrected chi connectivity index (χ4v) is 2.47. The Hall–Kier alpha value is -0.980. The van der Waals surface area contributed by atoms with Gasteiger partial charge >= 0.3 is 0 Å². The Morgan fingerprint density at radius 2 is 2.06 bits per heavy atom. The van der Waals surface area contributed by atoms with Crippen LogP contribution >= 0.6 is 0 Å². The summed E-state index contributed by atoms with van der Waals surface area (Å²) in [5.74, 6) is 1.44. The van der Waals surface area contributed by atoms with Crippen LogP contribution in [0.5, 0.6) is 0 Å². The minimum atomic E-state index is 0.268. The van der Waals surface area contributed by atoms with Crippen molar-refractivity contribution in [2.45, 2.75) is 46.1 Å². The van der Waals surface area contributed by atoms with E-state index in [1.54, 1.807) is 0 Å². The Morgan fingerprint density at radius 3 is 2.75 bits per heavy atom. The molecule has 0 aromatic heterocycles. The second-order valence-electron chi connectivity index (χ2n) is 5.55. The Bertz CT molecular complexity index is 360. The summed E-state index contributed by atoms with van der Waals surface area (Å²) in [6.07, 6.45) is 11.5. The summed E-state index contributed by atoms with van der Waals surface area (Å²) in [5.41, 5.74) is 3.11. The minimum absolute atomic E-state index is 0.268. The third kappa shape index (κ3) is 2.09. The molecule has 0 spiro atoms. The van der Waals surface area contributed by atoms with E-state index in [-0.39, 0.29) is 5.54 Å². The molecule has 0 bridgehead atoms. The Kier molecular flexibility index (Phi) is 2.96. The summed E-state index contributed by atoms with van der Waals surface area (Å²) in [6.45, 7) is 8.96. The lowest BCUT2D eigenvalue weighted by molar-refractivity contribution is 0.588. The van der Waals surface area contributed by atoms with E-state index >= 15 is 0 Å². The lowest BCUT2D eigenvalue weighted by Crippen LogP contribution is -2.30. The molecule has 2 unspecified atom stereocenters. The Morgan fingerprint density at radius 1 is 1.31 bits per heavy atom. The summed E-state index contributed by atoms with van der Waals surface area (Å²) in [5, 5.41) is 3.74. The van der Waals surface area contributed by atoms with Crippen molar-refractivity contribution in [3.8, 4) is 0 Å². The summed E-state index contributed by atoms with van der Waals surface area (Å²) < 4.78 is 0. The second kappa shape index (κ2) is 4.12. The zero-order valence-electron chi connectivity index (χ0n) is 10.9. The van der Waals surface area contributed by atoms with Gasteiger partial charge in [0.25, 0.3) is 0 Å². The van der Waals surface area contributed by atoms with Crippen molar-refractivity contribution in [2.24, 2.45) is 11.8 Å². The van der Waals surface area contributed by atoms with Gasteiger partial charge in [0.05, 0.1) is 5.54 Å². The van der Waals surface area contributed by atoms with E-state index in [0.29, 0.717) is 5.92 Å². The summed E-state index contributed by atoms with van der Waals surface area (Å²) in [4.78, 5) is 0. The molecular formula is C15H23N. The second-order valence-corrected chi connectivity index (χ2v) is 5.55. The highest BCUT2D eigenvalue weighted by Crippen LogP contribution is 2.49. The molecule has 2 aliphatic carbocycles. The molecule has 88 valence electrons. The zero-order chi connectivity index (χ0) is 11.8. The maximum Gasteiger partial charge on any atom is 0.0591 e. The number of fused-ring (bicyclic) bond motifs is 1.